The normalized spacial score (nSPS) is 23.1. The third kappa shape index (κ3) is 2.97. The van der Waals surface area contributed by atoms with Gasteiger partial charge in [-0.3, -0.25) is 0 Å². The molecule has 2 aliphatic rings. The maximum atomic E-state index is 13.5. The molecule has 1 aromatic heterocycles. The minimum atomic E-state index is -0.140. The number of hydrogen-bond acceptors (Lipinski definition) is 1. The lowest BCUT2D eigenvalue weighted by molar-refractivity contribution is 0.281. The first kappa shape index (κ1) is 17.9. The number of halogens is 1. The van der Waals surface area contributed by atoms with Crippen LogP contribution in [0.1, 0.15) is 60.0 Å². The first-order valence-corrected chi connectivity index (χ1v) is 10.7. The lowest BCUT2D eigenvalue weighted by Crippen LogP contribution is -2.30. The molecule has 1 saturated carbocycles. The number of aromatic nitrogens is 1. The number of hydrogen-bond donors (Lipinski definition) is 0. The van der Waals surface area contributed by atoms with E-state index in [2.05, 4.69) is 41.6 Å². The molecule has 3 aromatic rings. The maximum Gasteiger partial charge on any atom is 0.123 e. The predicted molar refractivity (Wildman–Crippen MR) is 113 cm³/mol. The Hall–Kier alpha value is -2.13. The molecule has 0 N–H and O–H groups in total. The van der Waals surface area contributed by atoms with Crippen LogP contribution in [0.15, 0.2) is 42.5 Å². The van der Waals surface area contributed by atoms with Crippen molar-refractivity contribution in [2.45, 2.75) is 57.5 Å². The number of likely N-dealkylation sites (N-methyl/N-ethyl adjacent to an activating group) is 1. The summed E-state index contributed by atoms with van der Waals surface area (Å²) in [6.07, 6.45) is 6.06. The van der Waals surface area contributed by atoms with Gasteiger partial charge in [-0.05, 0) is 62.2 Å². The summed E-state index contributed by atoms with van der Waals surface area (Å²) in [5.74, 6) is 0.327. The van der Waals surface area contributed by atoms with Gasteiger partial charge < -0.3 is 9.47 Å². The molecule has 2 atom stereocenters. The summed E-state index contributed by atoms with van der Waals surface area (Å²) in [5.41, 5.74) is 7.08. The zero-order valence-corrected chi connectivity index (χ0v) is 16.9. The number of benzene rings is 2. The van der Waals surface area contributed by atoms with Gasteiger partial charge in [0.05, 0.1) is 0 Å². The van der Waals surface area contributed by atoms with E-state index < -0.39 is 0 Å². The molecule has 2 nitrogen and oxygen atoms in total. The lowest BCUT2D eigenvalue weighted by Gasteiger charge is -2.36. The monoisotopic (exact) mass is 376 g/mol. The van der Waals surface area contributed by atoms with Gasteiger partial charge >= 0.3 is 0 Å². The Kier molecular flexibility index (Phi) is 4.51. The predicted octanol–water partition coefficient (Wildman–Crippen LogP) is 5.98. The molecule has 0 unspecified atom stereocenters. The highest BCUT2D eigenvalue weighted by molar-refractivity contribution is 5.86. The Morgan fingerprint density at radius 1 is 1.00 bits per heavy atom. The standard InChI is InChI=1S/C25H29FN2/c1-17-7-12-24-21(15-17)22-16-27(2)14-13-25(22)28(24)23-6-4-3-5-20(23)18-8-10-19(26)11-9-18/h7-12,15,20,23H,3-6,13-14,16H2,1-2H3/t20-,23+/m1/s1. The second-order valence-electron chi connectivity index (χ2n) is 8.81. The fourth-order valence-corrected chi connectivity index (χ4v) is 5.54. The van der Waals surface area contributed by atoms with E-state index in [-0.39, 0.29) is 5.82 Å². The maximum absolute atomic E-state index is 13.5. The van der Waals surface area contributed by atoms with Gasteiger partial charge in [-0.2, -0.15) is 0 Å². The average molecular weight is 377 g/mol. The Bertz CT molecular complexity index is 1000. The summed E-state index contributed by atoms with van der Waals surface area (Å²) >= 11 is 0. The van der Waals surface area contributed by atoms with Crippen molar-refractivity contribution in [2.24, 2.45) is 0 Å². The number of rotatable bonds is 2. The van der Waals surface area contributed by atoms with E-state index in [9.17, 15) is 4.39 Å². The van der Waals surface area contributed by atoms with Gasteiger partial charge in [0.25, 0.3) is 0 Å². The van der Waals surface area contributed by atoms with Crippen LogP contribution >= 0.6 is 0 Å². The van der Waals surface area contributed by atoms with Crippen LogP contribution in [0.3, 0.4) is 0 Å². The fourth-order valence-electron chi connectivity index (χ4n) is 5.54. The topological polar surface area (TPSA) is 8.17 Å². The molecule has 1 aliphatic carbocycles. The second kappa shape index (κ2) is 7.04. The second-order valence-corrected chi connectivity index (χ2v) is 8.81. The fraction of sp³-hybridized carbons (Fsp3) is 0.440. The highest BCUT2D eigenvalue weighted by Crippen LogP contribution is 2.45. The van der Waals surface area contributed by atoms with E-state index in [4.69, 9.17) is 0 Å². The Morgan fingerprint density at radius 2 is 1.79 bits per heavy atom. The van der Waals surface area contributed by atoms with Crippen LogP contribution in [0.2, 0.25) is 0 Å². The molecule has 0 radical (unpaired) electrons. The molecule has 0 amide bonds. The van der Waals surface area contributed by atoms with E-state index >= 15 is 0 Å². The molecule has 0 spiro atoms. The minimum Gasteiger partial charge on any atom is -0.341 e. The van der Waals surface area contributed by atoms with Crippen LogP contribution in [0, 0.1) is 12.7 Å². The summed E-state index contributed by atoms with van der Waals surface area (Å²) in [6, 6.07) is 14.7. The highest BCUT2D eigenvalue weighted by Gasteiger charge is 2.33. The van der Waals surface area contributed by atoms with Crippen molar-refractivity contribution in [1.82, 2.24) is 9.47 Å². The highest BCUT2D eigenvalue weighted by atomic mass is 19.1. The van der Waals surface area contributed by atoms with Crippen molar-refractivity contribution in [1.29, 1.82) is 0 Å². The Morgan fingerprint density at radius 3 is 2.61 bits per heavy atom. The van der Waals surface area contributed by atoms with Crippen LogP contribution in [-0.2, 0) is 13.0 Å². The first-order valence-electron chi connectivity index (χ1n) is 10.7. The molecule has 0 bridgehead atoms. The van der Waals surface area contributed by atoms with E-state index in [1.165, 1.54) is 59.0 Å². The molecule has 5 rings (SSSR count). The minimum absolute atomic E-state index is 0.140. The summed E-state index contributed by atoms with van der Waals surface area (Å²) in [6.45, 7) is 4.35. The van der Waals surface area contributed by atoms with Crippen molar-refractivity contribution in [3.8, 4) is 0 Å². The number of aryl methyl sites for hydroxylation is 1. The van der Waals surface area contributed by atoms with E-state index in [1.807, 2.05) is 12.1 Å². The molecule has 0 saturated heterocycles. The Balaban J connectivity index is 1.67. The number of nitrogens with zero attached hydrogens (tertiary/aromatic N) is 2. The molecule has 146 valence electrons. The van der Waals surface area contributed by atoms with Crippen LogP contribution in [-0.4, -0.2) is 23.1 Å². The van der Waals surface area contributed by atoms with Gasteiger partial charge in [0.2, 0.25) is 0 Å². The van der Waals surface area contributed by atoms with Crippen molar-refractivity contribution < 1.29 is 4.39 Å². The van der Waals surface area contributed by atoms with Gasteiger partial charge in [0, 0.05) is 48.1 Å². The molecule has 28 heavy (non-hydrogen) atoms. The van der Waals surface area contributed by atoms with Gasteiger partial charge in [0.15, 0.2) is 0 Å². The number of fused-ring (bicyclic) bond motifs is 3. The average Bonchev–Trinajstić information content (AvgIpc) is 3.01. The molecule has 3 heteroatoms. The van der Waals surface area contributed by atoms with Crippen LogP contribution in [0.5, 0.6) is 0 Å². The Labute approximate surface area is 167 Å². The van der Waals surface area contributed by atoms with Gasteiger partial charge in [-0.15, -0.1) is 0 Å². The SMILES string of the molecule is Cc1ccc2c(c1)c1c(n2[C@H]2CCCC[C@@H]2c2ccc(F)cc2)CCN(C)C1. The third-order valence-electron chi connectivity index (χ3n) is 6.89. The van der Waals surface area contributed by atoms with Gasteiger partial charge in [-0.25, -0.2) is 4.39 Å². The first-order chi connectivity index (χ1) is 13.6. The van der Waals surface area contributed by atoms with E-state index in [0.29, 0.717) is 12.0 Å². The van der Waals surface area contributed by atoms with Crippen LogP contribution in [0.25, 0.3) is 10.9 Å². The van der Waals surface area contributed by atoms with E-state index in [1.54, 1.807) is 12.1 Å². The van der Waals surface area contributed by atoms with Crippen molar-refractivity contribution >= 4 is 10.9 Å². The zero-order valence-electron chi connectivity index (χ0n) is 16.9. The lowest BCUT2D eigenvalue weighted by atomic mass is 9.79. The van der Waals surface area contributed by atoms with E-state index in [0.717, 1.165) is 19.5 Å². The van der Waals surface area contributed by atoms with Crippen LogP contribution < -0.4 is 0 Å². The van der Waals surface area contributed by atoms with Gasteiger partial charge in [-0.1, -0.05) is 36.6 Å². The van der Waals surface area contributed by atoms with Crippen molar-refractivity contribution in [3.05, 3.63) is 70.7 Å². The summed E-state index contributed by atoms with van der Waals surface area (Å²) < 4.78 is 16.2. The summed E-state index contributed by atoms with van der Waals surface area (Å²) in [5, 5.41) is 1.44. The van der Waals surface area contributed by atoms with Gasteiger partial charge in [0.1, 0.15) is 5.82 Å². The third-order valence-corrected chi connectivity index (χ3v) is 6.89. The molecular formula is C25H29FN2. The molecule has 2 heterocycles. The zero-order chi connectivity index (χ0) is 19.3. The quantitative estimate of drug-likeness (QED) is 0.534. The molecule has 2 aromatic carbocycles. The molecule has 1 fully saturated rings. The van der Waals surface area contributed by atoms with Crippen molar-refractivity contribution in [2.75, 3.05) is 13.6 Å². The van der Waals surface area contributed by atoms with Crippen LogP contribution in [0.4, 0.5) is 4.39 Å². The molecule has 1 aliphatic heterocycles. The van der Waals surface area contributed by atoms with Crippen molar-refractivity contribution in [3.63, 3.8) is 0 Å². The largest absolute Gasteiger partial charge is 0.341 e. The summed E-state index contributed by atoms with van der Waals surface area (Å²) in [4.78, 5) is 2.44. The molecular weight excluding hydrogens is 347 g/mol. The smallest absolute Gasteiger partial charge is 0.123 e. The summed E-state index contributed by atoms with van der Waals surface area (Å²) in [7, 11) is 2.23.